The zero-order valence-electron chi connectivity index (χ0n) is 11.1. The van der Waals surface area contributed by atoms with Gasteiger partial charge in [0.2, 0.25) is 0 Å². The predicted octanol–water partition coefficient (Wildman–Crippen LogP) is 2.12. The molecule has 1 aromatic rings. The number of nitrogens with one attached hydrogen (secondary N) is 2. The molecule has 7 heteroatoms. The molecule has 0 saturated heterocycles. The Morgan fingerprint density at radius 2 is 1.79 bits per heavy atom. The highest BCUT2D eigenvalue weighted by Crippen LogP contribution is 2.13. The number of anilines is 1. The van der Waals surface area contributed by atoms with Crippen molar-refractivity contribution >= 4 is 22.0 Å². The van der Waals surface area contributed by atoms with Gasteiger partial charge in [-0.1, -0.05) is 39.0 Å². The largest absolute Gasteiger partial charge is 0.448 e. The zero-order chi connectivity index (χ0) is 14.5. The molecular formula is C12H18N2O4S. The average molecular weight is 286 g/mol. The lowest BCUT2D eigenvalue weighted by Crippen LogP contribution is -2.37. The summed E-state index contributed by atoms with van der Waals surface area (Å²) >= 11 is 0. The van der Waals surface area contributed by atoms with Gasteiger partial charge >= 0.3 is 16.3 Å². The molecule has 0 aliphatic heterocycles. The molecule has 0 radical (unpaired) electrons. The molecule has 0 bridgehead atoms. The van der Waals surface area contributed by atoms with Crippen molar-refractivity contribution in [3.8, 4) is 0 Å². The van der Waals surface area contributed by atoms with Gasteiger partial charge in [0.25, 0.3) is 0 Å². The first-order valence-electron chi connectivity index (χ1n) is 5.70. The quantitative estimate of drug-likeness (QED) is 0.888. The Labute approximate surface area is 113 Å². The number of hydrogen-bond donors (Lipinski definition) is 2. The molecule has 0 aliphatic rings. The van der Waals surface area contributed by atoms with E-state index in [4.69, 9.17) is 4.74 Å². The summed E-state index contributed by atoms with van der Waals surface area (Å²) in [5.41, 5.74) is 0.132. The second kappa shape index (κ2) is 5.92. The third kappa shape index (κ3) is 6.66. The maximum Gasteiger partial charge on any atom is 0.422 e. The maximum absolute atomic E-state index is 11.6. The first-order valence-corrected chi connectivity index (χ1v) is 7.19. The average Bonchev–Trinajstić information content (AvgIpc) is 2.25. The highest BCUT2D eigenvalue weighted by atomic mass is 32.2. The van der Waals surface area contributed by atoms with Gasteiger partial charge in [-0.25, -0.2) is 9.52 Å². The van der Waals surface area contributed by atoms with Crippen LogP contribution in [-0.2, 0) is 14.9 Å². The summed E-state index contributed by atoms with van der Waals surface area (Å²) in [5, 5.41) is 0. The summed E-state index contributed by atoms with van der Waals surface area (Å²) in [6, 6.07) is 8.24. The summed E-state index contributed by atoms with van der Waals surface area (Å²) in [5.74, 6) is 0. The Balaban J connectivity index is 2.53. The molecule has 0 aliphatic carbocycles. The molecule has 0 aromatic heterocycles. The number of amides is 1. The van der Waals surface area contributed by atoms with Crippen molar-refractivity contribution in [1.29, 1.82) is 0 Å². The van der Waals surface area contributed by atoms with Crippen LogP contribution in [0.4, 0.5) is 10.5 Å². The van der Waals surface area contributed by atoms with Gasteiger partial charge in [-0.15, -0.1) is 0 Å². The third-order valence-electron chi connectivity index (χ3n) is 1.88. The van der Waals surface area contributed by atoms with Crippen LogP contribution >= 0.6 is 0 Å². The van der Waals surface area contributed by atoms with Gasteiger partial charge in [-0.05, 0) is 17.5 Å². The minimum Gasteiger partial charge on any atom is -0.448 e. The SMILES string of the molecule is CC(C)(C)COC(=O)NS(=O)(=O)Nc1ccccc1. The highest BCUT2D eigenvalue weighted by molar-refractivity contribution is 7.91. The maximum atomic E-state index is 11.6. The van der Waals surface area contributed by atoms with Crippen LogP contribution in [0.5, 0.6) is 0 Å². The van der Waals surface area contributed by atoms with Crippen LogP contribution in [-0.4, -0.2) is 21.1 Å². The Morgan fingerprint density at radius 1 is 1.21 bits per heavy atom. The zero-order valence-corrected chi connectivity index (χ0v) is 12.0. The molecule has 2 N–H and O–H groups in total. The van der Waals surface area contributed by atoms with Gasteiger partial charge in [0, 0.05) is 0 Å². The topological polar surface area (TPSA) is 84.5 Å². The van der Waals surface area contributed by atoms with E-state index < -0.39 is 16.3 Å². The standard InChI is InChI=1S/C12H18N2O4S/c1-12(2,3)9-18-11(15)14-19(16,17)13-10-7-5-4-6-8-10/h4-8,13H,9H2,1-3H3,(H,14,15). The lowest BCUT2D eigenvalue weighted by Gasteiger charge is -2.18. The minimum absolute atomic E-state index is 0.125. The van der Waals surface area contributed by atoms with Crippen molar-refractivity contribution < 1.29 is 17.9 Å². The number of para-hydroxylation sites is 1. The van der Waals surface area contributed by atoms with Crippen LogP contribution < -0.4 is 9.44 Å². The van der Waals surface area contributed by atoms with Gasteiger partial charge in [0.05, 0.1) is 12.3 Å². The fourth-order valence-electron chi connectivity index (χ4n) is 1.11. The lowest BCUT2D eigenvalue weighted by atomic mass is 9.99. The summed E-state index contributed by atoms with van der Waals surface area (Å²) in [6.07, 6.45) is -1.00. The van der Waals surface area contributed by atoms with Crippen molar-refractivity contribution in [3.05, 3.63) is 30.3 Å². The first kappa shape index (κ1) is 15.3. The molecule has 0 atom stereocenters. The summed E-state index contributed by atoms with van der Waals surface area (Å²) in [7, 11) is -3.98. The van der Waals surface area contributed by atoms with E-state index >= 15 is 0 Å². The van der Waals surface area contributed by atoms with E-state index in [2.05, 4.69) is 4.72 Å². The number of benzene rings is 1. The van der Waals surface area contributed by atoms with Crippen molar-refractivity contribution in [3.63, 3.8) is 0 Å². The fourth-order valence-corrected chi connectivity index (χ4v) is 1.88. The molecule has 0 spiro atoms. The Hall–Kier alpha value is -1.76. The molecule has 0 heterocycles. The Morgan fingerprint density at radius 3 is 2.32 bits per heavy atom. The number of ether oxygens (including phenoxy) is 1. The van der Waals surface area contributed by atoms with Crippen molar-refractivity contribution in [2.75, 3.05) is 11.3 Å². The molecule has 0 unspecified atom stereocenters. The van der Waals surface area contributed by atoms with E-state index in [1.807, 2.05) is 20.8 Å². The number of hydrogen-bond acceptors (Lipinski definition) is 4. The molecule has 1 amide bonds. The molecule has 19 heavy (non-hydrogen) atoms. The molecule has 106 valence electrons. The number of rotatable bonds is 4. The van der Waals surface area contributed by atoms with Crippen molar-refractivity contribution in [2.24, 2.45) is 5.41 Å². The molecular weight excluding hydrogens is 268 g/mol. The van der Waals surface area contributed by atoms with Crippen LogP contribution in [0.15, 0.2) is 30.3 Å². The number of carbonyl (C=O) groups is 1. The lowest BCUT2D eigenvalue weighted by molar-refractivity contribution is 0.111. The molecule has 0 saturated carbocycles. The summed E-state index contributed by atoms with van der Waals surface area (Å²) < 4.78 is 32.0. The van der Waals surface area contributed by atoms with Crippen LogP contribution in [0.1, 0.15) is 20.8 Å². The Kier molecular flexibility index (Phi) is 4.77. The summed E-state index contributed by atoms with van der Waals surface area (Å²) in [4.78, 5) is 11.3. The van der Waals surface area contributed by atoms with Crippen LogP contribution in [0.3, 0.4) is 0 Å². The molecule has 0 fully saturated rings. The van der Waals surface area contributed by atoms with E-state index in [9.17, 15) is 13.2 Å². The van der Waals surface area contributed by atoms with E-state index in [-0.39, 0.29) is 12.0 Å². The fraction of sp³-hybridized carbons (Fsp3) is 0.417. The van der Waals surface area contributed by atoms with Gasteiger partial charge in [-0.3, -0.25) is 4.72 Å². The molecule has 1 aromatic carbocycles. The second-order valence-electron chi connectivity index (χ2n) is 5.21. The van der Waals surface area contributed by atoms with Crippen LogP contribution in [0.25, 0.3) is 0 Å². The van der Waals surface area contributed by atoms with Gasteiger partial charge in [0.15, 0.2) is 0 Å². The first-order chi connectivity index (χ1) is 8.68. The van der Waals surface area contributed by atoms with Crippen LogP contribution in [0, 0.1) is 5.41 Å². The Bertz CT molecular complexity index is 520. The second-order valence-corrected chi connectivity index (χ2v) is 6.63. The van der Waals surface area contributed by atoms with E-state index in [0.29, 0.717) is 5.69 Å². The minimum atomic E-state index is -3.98. The highest BCUT2D eigenvalue weighted by Gasteiger charge is 2.18. The van der Waals surface area contributed by atoms with E-state index in [1.54, 1.807) is 35.1 Å². The van der Waals surface area contributed by atoms with Gasteiger partial charge < -0.3 is 4.74 Å². The molecule has 6 nitrogen and oxygen atoms in total. The van der Waals surface area contributed by atoms with Crippen molar-refractivity contribution in [1.82, 2.24) is 4.72 Å². The predicted molar refractivity (Wildman–Crippen MR) is 72.9 cm³/mol. The van der Waals surface area contributed by atoms with Gasteiger partial charge in [-0.2, -0.15) is 8.42 Å². The van der Waals surface area contributed by atoms with Crippen molar-refractivity contribution in [2.45, 2.75) is 20.8 Å². The number of carbonyl (C=O) groups excluding carboxylic acids is 1. The van der Waals surface area contributed by atoms with Gasteiger partial charge in [0.1, 0.15) is 0 Å². The smallest absolute Gasteiger partial charge is 0.422 e. The van der Waals surface area contributed by atoms with E-state index in [1.165, 1.54) is 0 Å². The molecule has 1 rings (SSSR count). The normalized spacial score (nSPS) is 11.7. The van der Waals surface area contributed by atoms with Crippen LogP contribution in [0.2, 0.25) is 0 Å². The van der Waals surface area contributed by atoms with E-state index in [0.717, 1.165) is 0 Å². The third-order valence-corrected chi connectivity index (χ3v) is 2.82. The summed E-state index contributed by atoms with van der Waals surface area (Å²) in [6.45, 7) is 5.74. The monoisotopic (exact) mass is 286 g/mol.